The van der Waals surface area contributed by atoms with Crippen LogP contribution >= 0.6 is 23.1 Å². The zero-order chi connectivity index (χ0) is 21.2. The number of hydrazone groups is 1. The minimum atomic E-state index is -0.274. The molecule has 3 aromatic heterocycles. The molecule has 1 atom stereocenters. The Balaban J connectivity index is 1.33. The van der Waals surface area contributed by atoms with Crippen LogP contribution in [0.3, 0.4) is 0 Å². The van der Waals surface area contributed by atoms with Gasteiger partial charge in [0.05, 0.1) is 22.6 Å². The van der Waals surface area contributed by atoms with Gasteiger partial charge in [-0.05, 0) is 36.1 Å². The van der Waals surface area contributed by atoms with Crippen molar-refractivity contribution in [2.75, 3.05) is 5.75 Å². The number of rotatable bonds is 6. The number of thioether (sulfide) groups is 1. The number of amides is 1. The largest absolute Gasteiger partial charge is 0.467 e. The van der Waals surface area contributed by atoms with Gasteiger partial charge in [-0.25, -0.2) is 5.01 Å². The summed E-state index contributed by atoms with van der Waals surface area (Å²) in [5.74, 6) is 1.15. The number of benzene rings is 1. The maximum absolute atomic E-state index is 13.1. The lowest BCUT2D eigenvalue weighted by molar-refractivity contribution is -0.130. The molecule has 4 heterocycles. The van der Waals surface area contributed by atoms with Crippen molar-refractivity contribution in [1.82, 2.24) is 15.2 Å². The molecule has 0 spiro atoms. The zero-order valence-corrected chi connectivity index (χ0v) is 18.2. The van der Waals surface area contributed by atoms with Gasteiger partial charge in [0.25, 0.3) is 17.0 Å². The fraction of sp³-hybridized carbons (Fsp3) is 0.182. The summed E-state index contributed by atoms with van der Waals surface area (Å²) in [5.41, 5.74) is 3.04. The fourth-order valence-corrected chi connectivity index (χ4v) is 4.58. The molecule has 0 saturated heterocycles. The zero-order valence-electron chi connectivity index (χ0n) is 16.6. The lowest BCUT2D eigenvalue weighted by Crippen LogP contribution is -2.28. The van der Waals surface area contributed by atoms with Crippen molar-refractivity contribution >= 4 is 34.7 Å². The third kappa shape index (κ3) is 4.19. The Morgan fingerprint density at radius 2 is 2.06 bits per heavy atom. The Kier molecular flexibility index (Phi) is 5.44. The normalized spacial score (nSPS) is 16.0. The fourth-order valence-electron chi connectivity index (χ4n) is 3.32. The predicted octanol–water partition coefficient (Wildman–Crippen LogP) is 5.17. The quantitative estimate of drug-likeness (QED) is 0.377. The van der Waals surface area contributed by atoms with E-state index in [0.717, 1.165) is 16.2 Å². The Bertz CT molecular complexity index is 1200. The van der Waals surface area contributed by atoms with Crippen molar-refractivity contribution in [2.24, 2.45) is 5.10 Å². The maximum Gasteiger partial charge on any atom is 0.277 e. The van der Waals surface area contributed by atoms with E-state index in [1.165, 1.54) is 33.7 Å². The highest BCUT2D eigenvalue weighted by Gasteiger charge is 2.35. The summed E-state index contributed by atoms with van der Waals surface area (Å²) in [4.78, 5) is 14.0. The van der Waals surface area contributed by atoms with E-state index in [-0.39, 0.29) is 17.7 Å². The summed E-state index contributed by atoms with van der Waals surface area (Å²) in [6, 6.07) is 15.4. The van der Waals surface area contributed by atoms with Gasteiger partial charge >= 0.3 is 0 Å². The Hall–Kier alpha value is -3.17. The van der Waals surface area contributed by atoms with Crippen LogP contribution in [0.2, 0.25) is 0 Å². The molecule has 1 aromatic carbocycles. The van der Waals surface area contributed by atoms with Crippen molar-refractivity contribution < 1.29 is 13.6 Å². The third-order valence-electron chi connectivity index (χ3n) is 4.88. The van der Waals surface area contributed by atoms with E-state index in [0.29, 0.717) is 23.3 Å². The average Bonchev–Trinajstić information content (AvgIpc) is 3.58. The Morgan fingerprint density at radius 3 is 2.81 bits per heavy atom. The molecular weight excluding hydrogens is 432 g/mol. The molecule has 1 aliphatic heterocycles. The van der Waals surface area contributed by atoms with Gasteiger partial charge < -0.3 is 8.83 Å². The minimum absolute atomic E-state index is 0.133. The van der Waals surface area contributed by atoms with E-state index in [4.69, 9.17) is 8.83 Å². The lowest BCUT2D eigenvalue weighted by Gasteiger charge is -2.19. The first kappa shape index (κ1) is 19.8. The highest BCUT2D eigenvalue weighted by molar-refractivity contribution is 7.99. The highest BCUT2D eigenvalue weighted by atomic mass is 32.2. The minimum Gasteiger partial charge on any atom is -0.467 e. The van der Waals surface area contributed by atoms with Crippen molar-refractivity contribution in [3.8, 4) is 10.8 Å². The summed E-state index contributed by atoms with van der Waals surface area (Å²) in [6.45, 7) is 2.04. The summed E-state index contributed by atoms with van der Waals surface area (Å²) in [7, 11) is 0. The van der Waals surface area contributed by atoms with Gasteiger partial charge in [0.1, 0.15) is 11.8 Å². The summed E-state index contributed by atoms with van der Waals surface area (Å²) in [6.07, 6.45) is 2.21. The second-order valence-electron chi connectivity index (χ2n) is 7.03. The number of aromatic nitrogens is 2. The van der Waals surface area contributed by atoms with E-state index in [9.17, 15) is 4.79 Å². The van der Waals surface area contributed by atoms with Crippen LogP contribution in [-0.2, 0) is 4.79 Å². The second-order valence-corrected chi connectivity index (χ2v) is 8.90. The van der Waals surface area contributed by atoms with Gasteiger partial charge in [-0.3, -0.25) is 4.79 Å². The number of nitrogens with zero attached hydrogens (tertiary/aromatic N) is 4. The molecule has 5 rings (SSSR count). The Labute approximate surface area is 186 Å². The van der Waals surface area contributed by atoms with Crippen LogP contribution in [0.15, 0.2) is 79.3 Å². The van der Waals surface area contributed by atoms with E-state index in [2.05, 4.69) is 15.3 Å². The molecule has 7 nitrogen and oxygen atoms in total. The first-order valence-electron chi connectivity index (χ1n) is 9.67. The number of carbonyl (C=O) groups is 1. The summed E-state index contributed by atoms with van der Waals surface area (Å²) < 4.78 is 11.3. The molecule has 4 aromatic rings. The molecule has 0 aliphatic carbocycles. The monoisotopic (exact) mass is 450 g/mol. The second kappa shape index (κ2) is 8.52. The average molecular weight is 451 g/mol. The topological polar surface area (TPSA) is 84.7 Å². The van der Waals surface area contributed by atoms with Crippen LogP contribution in [0.4, 0.5) is 0 Å². The lowest BCUT2D eigenvalue weighted by atomic mass is 10.0. The standard InChI is InChI=1S/C22H18N4O3S2/c1-14-6-8-15(9-7-14)16-12-17(18-4-2-10-28-18)26(25-16)20(27)13-31-22-24-23-21(29-22)19-5-3-11-30-19/h2-11,17H,12-13H2,1H3. The first-order chi connectivity index (χ1) is 15.2. The van der Waals surface area contributed by atoms with E-state index >= 15 is 0 Å². The van der Waals surface area contributed by atoms with Crippen LogP contribution in [0.5, 0.6) is 0 Å². The van der Waals surface area contributed by atoms with Crippen molar-refractivity contribution in [3.63, 3.8) is 0 Å². The van der Waals surface area contributed by atoms with Gasteiger partial charge in [0, 0.05) is 6.42 Å². The van der Waals surface area contributed by atoms with Crippen LogP contribution in [0.25, 0.3) is 10.8 Å². The predicted molar refractivity (Wildman–Crippen MR) is 119 cm³/mol. The number of thiophene rings is 1. The number of furan rings is 1. The summed E-state index contributed by atoms with van der Waals surface area (Å²) in [5, 5.41) is 16.6. The molecule has 0 bridgehead atoms. The molecule has 0 saturated carbocycles. The number of carbonyl (C=O) groups excluding carboxylic acids is 1. The van der Waals surface area contributed by atoms with Crippen molar-refractivity contribution in [3.05, 3.63) is 77.1 Å². The van der Waals surface area contributed by atoms with Crippen LogP contribution in [0.1, 0.15) is 29.3 Å². The smallest absolute Gasteiger partial charge is 0.277 e. The molecule has 0 radical (unpaired) electrons. The molecule has 1 amide bonds. The maximum atomic E-state index is 13.1. The van der Waals surface area contributed by atoms with E-state index < -0.39 is 0 Å². The highest BCUT2D eigenvalue weighted by Crippen LogP contribution is 2.34. The van der Waals surface area contributed by atoms with Crippen molar-refractivity contribution in [1.29, 1.82) is 0 Å². The molecule has 1 unspecified atom stereocenters. The molecular formula is C22H18N4O3S2. The van der Waals surface area contributed by atoms with Gasteiger partial charge in [0.15, 0.2) is 0 Å². The number of hydrogen-bond donors (Lipinski definition) is 0. The summed E-state index contributed by atoms with van der Waals surface area (Å²) >= 11 is 2.73. The molecule has 9 heteroatoms. The molecule has 0 N–H and O–H groups in total. The van der Waals surface area contributed by atoms with Gasteiger partial charge in [-0.1, -0.05) is 47.7 Å². The van der Waals surface area contributed by atoms with Crippen LogP contribution in [-0.4, -0.2) is 32.6 Å². The van der Waals surface area contributed by atoms with Gasteiger partial charge in [-0.2, -0.15) is 5.10 Å². The van der Waals surface area contributed by atoms with E-state index in [1.807, 2.05) is 60.8 Å². The number of hydrogen-bond acceptors (Lipinski definition) is 8. The number of aryl methyl sites for hydroxylation is 1. The Morgan fingerprint density at radius 1 is 1.19 bits per heavy atom. The molecule has 156 valence electrons. The molecule has 31 heavy (non-hydrogen) atoms. The van der Waals surface area contributed by atoms with Crippen molar-refractivity contribution in [2.45, 2.75) is 24.6 Å². The van der Waals surface area contributed by atoms with Gasteiger partial charge in [0.2, 0.25) is 0 Å². The SMILES string of the molecule is Cc1ccc(C2=NN(C(=O)CSc3nnc(-c4cccs4)o3)C(c3ccco3)C2)cc1. The van der Waals surface area contributed by atoms with Crippen LogP contribution in [0, 0.1) is 6.92 Å². The van der Waals surface area contributed by atoms with Gasteiger partial charge in [-0.15, -0.1) is 21.5 Å². The van der Waals surface area contributed by atoms with E-state index in [1.54, 1.807) is 6.26 Å². The first-order valence-corrected chi connectivity index (χ1v) is 11.5. The molecule has 1 aliphatic rings. The third-order valence-corrected chi connectivity index (χ3v) is 6.54. The van der Waals surface area contributed by atoms with Crippen LogP contribution < -0.4 is 0 Å². The molecule has 0 fully saturated rings.